The van der Waals surface area contributed by atoms with Crippen molar-refractivity contribution in [1.29, 1.82) is 0 Å². The van der Waals surface area contributed by atoms with E-state index in [2.05, 4.69) is 35.0 Å². The normalized spacial score (nSPS) is 21.6. The van der Waals surface area contributed by atoms with Crippen molar-refractivity contribution >= 4 is 0 Å². The number of nitrogens with zero attached hydrogens (tertiary/aromatic N) is 1. The van der Waals surface area contributed by atoms with Crippen molar-refractivity contribution in [3.8, 4) is 5.75 Å². The molecule has 0 unspecified atom stereocenters. The first-order valence-electron chi connectivity index (χ1n) is 9.18. The maximum absolute atomic E-state index is 10.9. The van der Waals surface area contributed by atoms with E-state index in [1.165, 1.54) is 11.3 Å². The van der Waals surface area contributed by atoms with Crippen molar-refractivity contribution in [2.45, 2.75) is 23.8 Å². The molecule has 1 aromatic carbocycles. The summed E-state index contributed by atoms with van der Waals surface area (Å²) < 4.78 is 13.4. The molecule has 5 heterocycles. The van der Waals surface area contributed by atoms with Gasteiger partial charge < -0.3 is 13.9 Å². The summed E-state index contributed by atoms with van der Waals surface area (Å²) in [6.07, 6.45) is 10.2. The van der Waals surface area contributed by atoms with Crippen LogP contribution in [0.1, 0.15) is 46.3 Å². The van der Waals surface area contributed by atoms with Crippen LogP contribution in [0.3, 0.4) is 0 Å². The van der Waals surface area contributed by atoms with Crippen molar-refractivity contribution in [2.24, 2.45) is 0 Å². The van der Waals surface area contributed by atoms with E-state index in [-0.39, 0.29) is 17.4 Å². The third kappa shape index (κ3) is 1.75. The molecule has 0 spiro atoms. The van der Waals surface area contributed by atoms with Crippen LogP contribution >= 0.6 is 0 Å². The van der Waals surface area contributed by atoms with Crippen LogP contribution in [-0.2, 0) is 5.41 Å². The van der Waals surface area contributed by atoms with Crippen molar-refractivity contribution < 1.29 is 18.5 Å². The van der Waals surface area contributed by atoms with Crippen LogP contribution < -0.4 is 4.57 Å². The van der Waals surface area contributed by atoms with Crippen LogP contribution in [0.25, 0.3) is 0 Å². The van der Waals surface area contributed by atoms with Gasteiger partial charge in [-0.2, -0.15) is 4.57 Å². The zero-order valence-corrected chi connectivity index (χ0v) is 14.6. The molecule has 1 N–H and O–H groups in total. The van der Waals surface area contributed by atoms with Gasteiger partial charge >= 0.3 is 0 Å². The number of phenols is 1. The van der Waals surface area contributed by atoms with Gasteiger partial charge in [-0.3, -0.25) is 0 Å². The third-order valence-electron chi connectivity index (χ3n) is 6.40. The van der Waals surface area contributed by atoms with Crippen molar-refractivity contribution in [2.75, 3.05) is 0 Å². The van der Waals surface area contributed by atoms with Gasteiger partial charge in [0.1, 0.15) is 5.75 Å². The minimum Gasteiger partial charge on any atom is -0.508 e. The van der Waals surface area contributed by atoms with Crippen LogP contribution in [0.5, 0.6) is 5.75 Å². The fourth-order valence-corrected chi connectivity index (χ4v) is 5.37. The Bertz CT molecular complexity index is 1090. The number of pyridine rings is 1. The standard InChI is InChI=1S/C23H17NO3/c25-20-6-3-4-17-19-12-23(15-7-10-26-13-15,16-8-11-27-14-16)22(21(17)20)18-5-1-2-9-24(18)19/h1-11,13-14,19,22H,12H2/p+1/t19-,22-/m1/s1. The number of fused-ring (bicyclic) bond motifs is 1. The molecule has 2 aliphatic heterocycles. The molecule has 4 nitrogen and oxygen atoms in total. The molecule has 4 heteroatoms. The van der Waals surface area contributed by atoms with Gasteiger partial charge in [0.05, 0.1) is 36.4 Å². The molecule has 0 saturated carbocycles. The second-order valence-electron chi connectivity index (χ2n) is 7.46. The number of aromatic nitrogens is 1. The fraction of sp³-hybridized carbons (Fsp3) is 0.174. The molecular formula is C23H18NO3+. The molecule has 3 aromatic heterocycles. The van der Waals surface area contributed by atoms with E-state index in [0.29, 0.717) is 5.75 Å². The van der Waals surface area contributed by atoms with Crippen molar-refractivity contribution in [3.63, 3.8) is 0 Å². The Morgan fingerprint density at radius 2 is 1.70 bits per heavy atom. The smallest absolute Gasteiger partial charge is 0.190 e. The molecule has 2 atom stereocenters. The average molecular weight is 356 g/mol. The summed E-state index contributed by atoms with van der Waals surface area (Å²) in [4.78, 5) is 0. The molecule has 0 radical (unpaired) electrons. The summed E-state index contributed by atoms with van der Waals surface area (Å²) in [5, 5.41) is 10.9. The van der Waals surface area contributed by atoms with Crippen LogP contribution in [0.2, 0.25) is 0 Å². The number of furan rings is 2. The van der Waals surface area contributed by atoms with Crippen molar-refractivity contribution in [3.05, 3.63) is 108 Å². The zero-order valence-electron chi connectivity index (χ0n) is 14.6. The van der Waals surface area contributed by atoms with E-state index < -0.39 is 0 Å². The minimum absolute atomic E-state index is 0.0323. The monoisotopic (exact) mass is 356 g/mol. The molecule has 3 aliphatic rings. The quantitative estimate of drug-likeness (QED) is 0.545. The summed E-state index contributed by atoms with van der Waals surface area (Å²) in [7, 11) is 0. The van der Waals surface area contributed by atoms with Gasteiger partial charge in [-0.15, -0.1) is 0 Å². The zero-order chi connectivity index (χ0) is 18.0. The van der Waals surface area contributed by atoms with Gasteiger partial charge in [-0.25, -0.2) is 0 Å². The van der Waals surface area contributed by atoms with Gasteiger partial charge in [-0.1, -0.05) is 18.2 Å². The predicted molar refractivity (Wildman–Crippen MR) is 97.5 cm³/mol. The summed E-state index contributed by atoms with van der Waals surface area (Å²) in [5.41, 5.74) is 5.29. The lowest BCUT2D eigenvalue weighted by molar-refractivity contribution is -0.732. The number of aromatic hydroxyl groups is 1. The lowest BCUT2D eigenvalue weighted by Gasteiger charge is -2.48. The molecule has 1 aliphatic carbocycles. The lowest BCUT2D eigenvalue weighted by Crippen LogP contribution is -2.59. The number of benzene rings is 1. The second kappa shape index (κ2) is 5.13. The molecule has 2 bridgehead atoms. The fourth-order valence-electron chi connectivity index (χ4n) is 5.37. The largest absolute Gasteiger partial charge is 0.508 e. The number of rotatable bonds is 2. The first kappa shape index (κ1) is 14.9. The molecule has 132 valence electrons. The van der Waals surface area contributed by atoms with Gasteiger partial charge in [-0.05, 0) is 18.2 Å². The maximum atomic E-state index is 10.9. The van der Waals surface area contributed by atoms with E-state index in [1.54, 1.807) is 18.6 Å². The highest BCUT2D eigenvalue weighted by Crippen LogP contribution is 2.61. The highest BCUT2D eigenvalue weighted by Gasteiger charge is 2.60. The van der Waals surface area contributed by atoms with E-state index >= 15 is 0 Å². The molecule has 27 heavy (non-hydrogen) atoms. The Kier molecular flexibility index (Phi) is 2.82. The van der Waals surface area contributed by atoms with E-state index in [0.717, 1.165) is 23.1 Å². The molecular weight excluding hydrogens is 338 g/mol. The summed E-state index contributed by atoms with van der Waals surface area (Å²) in [6.45, 7) is 0. The van der Waals surface area contributed by atoms with Crippen LogP contribution in [0.4, 0.5) is 0 Å². The summed E-state index contributed by atoms with van der Waals surface area (Å²) in [5.74, 6) is 0.323. The Labute approximate surface area is 156 Å². The third-order valence-corrected chi connectivity index (χ3v) is 6.40. The molecule has 0 amide bonds. The van der Waals surface area contributed by atoms with E-state index in [4.69, 9.17) is 8.83 Å². The Morgan fingerprint density at radius 3 is 2.41 bits per heavy atom. The first-order valence-corrected chi connectivity index (χ1v) is 9.18. The van der Waals surface area contributed by atoms with Crippen LogP contribution in [-0.4, -0.2) is 5.11 Å². The second-order valence-corrected chi connectivity index (χ2v) is 7.46. The minimum atomic E-state index is -0.349. The average Bonchev–Trinajstić information content (AvgIpc) is 3.43. The Hall–Kier alpha value is -3.27. The molecule has 7 rings (SSSR count). The molecule has 0 fully saturated rings. The summed E-state index contributed by atoms with van der Waals surface area (Å²) in [6, 6.07) is 16.4. The highest BCUT2D eigenvalue weighted by atomic mass is 16.3. The SMILES string of the molecule is Oc1cccc2c1[C@H]1c3cccc[n+]3[C@@H]2CC1(c1ccoc1)c1ccoc1. The Morgan fingerprint density at radius 1 is 0.926 bits per heavy atom. The number of phenolic OH excluding ortho intramolecular Hbond substituents is 1. The van der Waals surface area contributed by atoms with Gasteiger partial charge in [0.2, 0.25) is 0 Å². The molecule has 4 aromatic rings. The van der Waals surface area contributed by atoms with E-state index in [1.807, 2.05) is 30.7 Å². The van der Waals surface area contributed by atoms with Crippen molar-refractivity contribution in [1.82, 2.24) is 0 Å². The van der Waals surface area contributed by atoms with Gasteiger partial charge in [0, 0.05) is 40.8 Å². The van der Waals surface area contributed by atoms with Gasteiger partial charge in [0.15, 0.2) is 17.9 Å². The van der Waals surface area contributed by atoms with Crippen LogP contribution in [0, 0.1) is 0 Å². The van der Waals surface area contributed by atoms with E-state index in [9.17, 15) is 5.11 Å². The molecule has 0 saturated heterocycles. The first-order chi connectivity index (χ1) is 13.3. The maximum Gasteiger partial charge on any atom is 0.190 e. The number of hydrogen-bond donors (Lipinski definition) is 1. The lowest BCUT2D eigenvalue weighted by atomic mass is 9.54. The van der Waals surface area contributed by atoms with Gasteiger partial charge in [0.25, 0.3) is 0 Å². The highest BCUT2D eigenvalue weighted by molar-refractivity contribution is 5.57. The predicted octanol–water partition coefficient (Wildman–Crippen LogP) is 4.29. The Balaban J connectivity index is 1.75. The topological polar surface area (TPSA) is 50.4 Å². The summed E-state index contributed by atoms with van der Waals surface area (Å²) >= 11 is 0. The van der Waals surface area contributed by atoms with Crippen LogP contribution in [0.15, 0.2) is 88.6 Å². The number of hydrogen-bond acceptors (Lipinski definition) is 3.